The standard InChI is InChI=1S/C20H21N3O2/c1-15(16-7-5-8-18(12-16)23-11-10-21-14-23)22-20(24)19-9-4-3-6-17(19)13-25-2/h3-12,14-15H,13H2,1-2H3,(H,22,24). The van der Waals surface area contributed by atoms with Crippen LogP contribution in [0.25, 0.3) is 5.69 Å². The first kappa shape index (κ1) is 16.9. The Hall–Kier alpha value is -2.92. The molecule has 0 saturated heterocycles. The summed E-state index contributed by atoms with van der Waals surface area (Å²) in [6.45, 7) is 2.39. The maximum Gasteiger partial charge on any atom is 0.252 e. The number of hydrogen-bond acceptors (Lipinski definition) is 3. The van der Waals surface area contributed by atoms with E-state index in [0.717, 1.165) is 16.8 Å². The first-order valence-electron chi connectivity index (χ1n) is 8.15. The van der Waals surface area contributed by atoms with Crippen molar-refractivity contribution < 1.29 is 9.53 Å². The maximum absolute atomic E-state index is 12.7. The molecule has 1 aromatic heterocycles. The van der Waals surface area contributed by atoms with Crippen LogP contribution in [0.5, 0.6) is 0 Å². The van der Waals surface area contributed by atoms with Crippen molar-refractivity contribution in [2.24, 2.45) is 0 Å². The van der Waals surface area contributed by atoms with Gasteiger partial charge in [0.2, 0.25) is 0 Å². The molecule has 0 aliphatic rings. The highest BCUT2D eigenvalue weighted by Gasteiger charge is 2.15. The molecule has 128 valence electrons. The van der Waals surface area contributed by atoms with Crippen LogP contribution < -0.4 is 5.32 Å². The fraction of sp³-hybridized carbons (Fsp3) is 0.200. The first-order valence-corrected chi connectivity index (χ1v) is 8.15. The van der Waals surface area contributed by atoms with Gasteiger partial charge in [-0.2, -0.15) is 0 Å². The van der Waals surface area contributed by atoms with Crippen molar-refractivity contribution in [1.29, 1.82) is 0 Å². The molecule has 1 atom stereocenters. The average Bonchev–Trinajstić information content (AvgIpc) is 3.17. The smallest absolute Gasteiger partial charge is 0.252 e. The lowest BCUT2D eigenvalue weighted by atomic mass is 10.0. The largest absolute Gasteiger partial charge is 0.380 e. The summed E-state index contributed by atoms with van der Waals surface area (Å²) in [6.07, 6.45) is 5.39. The van der Waals surface area contributed by atoms with Gasteiger partial charge in [0.25, 0.3) is 5.91 Å². The molecule has 0 saturated carbocycles. The zero-order chi connectivity index (χ0) is 17.6. The summed E-state index contributed by atoms with van der Waals surface area (Å²) in [6, 6.07) is 15.4. The molecule has 0 radical (unpaired) electrons. The van der Waals surface area contributed by atoms with E-state index in [1.54, 1.807) is 19.6 Å². The predicted molar refractivity (Wildman–Crippen MR) is 96.6 cm³/mol. The second kappa shape index (κ2) is 7.77. The number of nitrogens with one attached hydrogen (secondary N) is 1. The van der Waals surface area contributed by atoms with Crippen LogP contribution in [0, 0.1) is 0 Å². The molecule has 5 heteroatoms. The molecule has 0 aliphatic carbocycles. The first-order chi connectivity index (χ1) is 12.2. The summed E-state index contributed by atoms with van der Waals surface area (Å²) in [5.41, 5.74) is 3.56. The van der Waals surface area contributed by atoms with E-state index in [2.05, 4.69) is 10.3 Å². The number of ether oxygens (including phenoxy) is 1. The number of methoxy groups -OCH3 is 1. The molecule has 3 rings (SSSR count). The van der Waals surface area contributed by atoms with Crippen molar-refractivity contribution in [2.45, 2.75) is 19.6 Å². The Morgan fingerprint density at radius 3 is 2.84 bits per heavy atom. The summed E-state index contributed by atoms with van der Waals surface area (Å²) in [5.74, 6) is -0.104. The Morgan fingerprint density at radius 2 is 2.08 bits per heavy atom. The van der Waals surface area contributed by atoms with Gasteiger partial charge >= 0.3 is 0 Å². The van der Waals surface area contributed by atoms with Crippen molar-refractivity contribution in [3.63, 3.8) is 0 Å². The van der Waals surface area contributed by atoms with Crippen LogP contribution in [-0.2, 0) is 11.3 Å². The number of aromatic nitrogens is 2. The van der Waals surface area contributed by atoms with Gasteiger partial charge < -0.3 is 14.6 Å². The third-order valence-electron chi connectivity index (χ3n) is 4.08. The van der Waals surface area contributed by atoms with Gasteiger partial charge in [-0.15, -0.1) is 0 Å². The number of benzene rings is 2. The molecule has 0 bridgehead atoms. The van der Waals surface area contributed by atoms with Gasteiger partial charge in [0.05, 0.1) is 19.0 Å². The van der Waals surface area contributed by atoms with Gasteiger partial charge in [-0.1, -0.05) is 30.3 Å². The van der Waals surface area contributed by atoms with Gasteiger partial charge in [0, 0.05) is 30.8 Å². The van der Waals surface area contributed by atoms with Gasteiger partial charge in [0.1, 0.15) is 0 Å². The molecule has 0 spiro atoms. The van der Waals surface area contributed by atoms with Crippen LogP contribution in [0.3, 0.4) is 0 Å². The van der Waals surface area contributed by atoms with Crippen LogP contribution in [0.15, 0.2) is 67.3 Å². The van der Waals surface area contributed by atoms with E-state index in [4.69, 9.17) is 4.74 Å². The second-order valence-electron chi connectivity index (χ2n) is 5.85. The second-order valence-corrected chi connectivity index (χ2v) is 5.85. The molecule has 5 nitrogen and oxygen atoms in total. The van der Waals surface area contributed by atoms with Gasteiger partial charge in [-0.05, 0) is 36.2 Å². The third-order valence-corrected chi connectivity index (χ3v) is 4.08. The van der Waals surface area contributed by atoms with Gasteiger partial charge in [0.15, 0.2) is 0 Å². The fourth-order valence-electron chi connectivity index (χ4n) is 2.75. The van der Waals surface area contributed by atoms with E-state index in [9.17, 15) is 4.79 Å². The lowest BCUT2D eigenvalue weighted by Gasteiger charge is -2.17. The predicted octanol–water partition coefficient (Wildman–Crippen LogP) is 3.51. The monoisotopic (exact) mass is 335 g/mol. The van der Waals surface area contributed by atoms with Crippen molar-refractivity contribution in [3.8, 4) is 5.69 Å². The van der Waals surface area contributed by atoms with Crippen LogP contribution in [0.4, 0.5) is 0 Å². The zero-order valence-corrected chi connectivity index (χ0v) is 14.3. The normalized spacial score (nSPS) is 11.9. The molecule has 1 amide bonds. The Morgan fingerprint density at radius 1 is 1.24 bits per heavy atom. The third kappa shape index (κ3) is 3.95. The summed E-state index contributed by atoms with van der Waals surface area (Å²) >= 11 is 0. The highest BCUT2D eigenvalue weighted by atomic mass is 16.5. The van der Waals surface area contributed by atoms with E-state index in [1.165, 1.54) is 0 Å². The minimum Gasteiger partial charge on any atom is -0.380 e. The summed E-state index contributed by atoms with van der Waals surface area (Å²) in [4.78, 5) is 16.7. The van der Waals surface area contributed by atoms with E-state index in [1.807, 2.05) is 66.2 Å². The number of nitrogens with zero attached hydrogens (tertiary/aromatic N) is 2. The lowest BCUT2D eigenvalue weighted by Crippen LogP contribution is -2.27. The molecule has 3 aromatic rings. The molecular formula is C20H21N3O2. The summed E-state index contributed by atoms with van der Waals surface area (Å²) < 4.78 is 7.11. The van der Waals surface area contributed by atoms with Crippen molar-refractivity contribution in [3.05, 3.63) is 83.9 Å². The number of rotatable bonds is 6. The minimum absolute atomic E-state index is 0.104. The maximum atomic E-state index is 12.7. The zero-order valence-electron chi connectivity index (χ0n) is 14.3. The Bertz CT molecular complexity index is 844. The topological polar surface area (TPSA) is 56.1 Å². The highest BCUT2D eigenvalue weighted by Crippen LogP contribution is 2.18. The van der Waals surface area contributed by atoms with Crippen molar-refractivity contribution >= 4 is 5.91 Å². The van der Waals surface area contributed by atoms with Gasteiger partial charge in [-0.3, -0.25) is 4.79 Å². The lowest BCUT2D eigenvalue weighted by molar-refractivity contribution is 0.0935. The SMILES string of the molecule is COCc1ccccc1C(=O)NC(C)c1cccc(-n2ccnc2)c1. The van der Waals surface area contributed by atoms with Crippen LogP contribution in [0.1, 0.15) is 34.5 Å². The number of imidazole rings is 1. The highest BCUT2D eigenvalue weighted by molar-refractivity contribution is 5.95. The molecule has 2 aromatic carbocycles. The quantitative estimate of drug-likeness (QED) is 0.750. The number of amides is 1. The van der Waals surface area contributed by atoms with E-state index in [0.29, 0.717) is 12.2 Å². The molecule has 1 N–H and O–H groups in total. The number of carbonyl (C=O) groups excluding carboxylic acids is 1. The molecule has 1 unspecified atom stereocenters. The average molecular weight is 335 g/mol. The number of carbonyl (C=O) groups is 1. The Kier molecular flexibility index (Phi) is 5.26. The van der Waals surface area contributed by atoms with E-state index < -0.39 is 0 Å². The van der Waals surface area contributed by atoms with E-state index in [-0.39, 0.29) is 11.9 Å². The van der Waals surface area contributed by atoms with Crippen molar-refractivity contribution in [1.82, 2.24) is 14.9 Å². The molecule has 0 aliphatic heterocycles. The van der Waals surface area contributed by atoms with E-state index >= 15 is 0 Å². The summed E-state index contributed by atoms with van der Waals surface area (Å²) in [5, 5.41) is 3.06. The van der Waals surface area contributed by atoms with Gasteiger partial charge in [-0.25, -0.2) is 4.98 Å². The minimum atomic E-state index is -0.119. The van der Waals surface area contributed by atoms with Crippen LogP contribution in [-0.4, -0.2) is 22.6 Å². The molecule has 25 heavy (non-hydrogen) atoms. The Labute approximate surface area is 147 Å². The van der Waals surface area contributed by atoms with Crippen LogP contribution in [0.2, 0.25) is 0 Å². The summed E-state index contributed by atoms with van der Waals surface area (Å²) in [7, 11) is 1.62. The molecule has 1 heterocycles. The molecular weight excluding hydrogens is 314 g/mol. The fourth-order valence-corrected chi connectivity index (χ4v) is 2.75. The number of hydrogen-bond donors (Lipinski definition) is 1. The Balaban J connectivity index is 1.77. The molecule has 0 fully saturated rings. The van der Waals surface area contributed by atoms with Crippen molar-refractivity contribution in [2.75, 3.05) is 7.11 Å². The van der Waals surface area contributed by atoms with Crippen LogP contribution >= 0.6 is 0 Å².